The maximum absolute atomic E-state index is 5.54. The number of rotatable bonds is 3. The molecular formula is C41H25N3. The fraction of sp³-hybridized carbons (Fsp3) is 0. The molecule has 0 aliphatic carbocycles. The van der Waals surface area contributed by atoms with Gasteiger partial charge in [0.25, 0.3) is 0 Å². The van der Waals surface area contributed by atoms with Crippen LogP contribution in [0.4, 0.5) is 0 Å². The predicted molar refractivity (Wildman–Crippen MR) is 184 cm³/mol. The SMILES string of the molecule is c1ccc2c(-c3cc(-c4ccc5cncnc5c4)cc(-c4c5ccccc5cc5ccccc45)n3)c3ccccc3cc2c1. The lowest BCUT2D eigenvalue weighted by Gasteiger charge is -2.17. The molecule has 9 aromatic rings. The van der Waals surface area contributed by atoms with Crippen molar-refractivity contribution in [1.29, 1.82) is 0 Å². The highest BCUT2D eigenvalue weighted by molar-refractivity contribution is 6.14. The molecule has 44 heavy (non-hydrogen) atoms. The minimum atomic E-state index is 0.920. The number of nitrogens with zero attached hydrogens (tertiary/aromatic N) is 3. The molecule has 7 aromatic carbocycles. The van der Waals surface area contributed by atoms with Gasteiger partial charge in [-0.3, -0.25) is 0 Å². The summed E-state index contributed by atoms with van der Waals surface area (Å²) in [5, 5.41) is 10.6. The minimum absolute atomic E-state index is 0.920. The van der Waals surface area contributed by atoms with Gasteiger partial charge in [0.15, 0.2) is 0 Å². The fourth-order valence-electron chi connectivity index (χ4n) is 6.69. The molecule has 0 unspecified atom stereocenters. The lowest BCUT2D eigenvalue weighted by molar-refractivity contribution is 1.22. The molecule has 0 amide bonds. The highest BCUT2D eigenvalue weighted by Crippen LogP contribution is 2.41. The highest BCUT2D eigenvalue weighted by Gasteiger charge is 2.18. The van der Waals surface area contributed by atoms with E-state index in [0.29, 0.717) is 0 Å². The Morgan fingerprint density at radius 3 is 1.36 bits per heavy atom. The van der Waals surface area contributed by atoms with E-state index in [1.807, 2.05) is 6.20 Å². The van der Waals surface area contributed by atoms with E-state index in [4.69, 9.17) is 4.98 Å². The third kappa shape index (κ3) is 3.94. The average Bonchev–Trinajstić information content (AvgIpc) is 3.09. The molecule has 0 radical (unpaired) electrons. The Bertz CT molecular complexity index is 2320. The van der Waals surface area contributed by atoms with E-state index in [1.165, 1.54) is 43.1 Å². The van der Waals surface area contributed by atoms with Gasteiger partial charge in [-0.05, 0) is 84.5 Å². The van der Waals surface area contributed by atoms with Crippen molar-refractivity contribution in [3.63, 3.8) is 0 Å². The summed E-state index contributed by atoms with van der Waals surface area (Å²) in [6.45, 7) is 0. The summed E-state index contributed by atoms with van der Waals surface area (Å²) in [5.74, 6) is 0. The summed E-state index contributed by atoms with van der Waals surface area (Å²) in [6, 6.07) is 50.0. The molecule has 3 heteroatoms. The van der Waals surface area contributed by atoms with Gasteiger partial charge < -0.3 is 0 Å². The van der Waals surface area contributed by atoms with Crippen LogP contribution in [0.1, 0.15) is 0 Å². The molecule has 0 spiro atoms. The Hall–Kier alpha value is -5.93. The molecule has 0 N–H and O–H groups in total. The van der Waals surface area contributed by atoms with E-state index in [9.17, 15) is 0 Å². The molecule has 0 bridgehead atoms. The first kappa shape index (κ1) is 24.6. The highest BCUT2D eigenvalue weighted by atomic mass is 14.8. The van der Waals surface area contributed by atoms with Crippen LogP contribution in [0.25, 0.3) is 87.6 Å². The second-order valence-electron chi connectivity index (χ2n) is 11.3. The number of aromatic nitrogens is 3. The van der Waals surface area contributed by atoms with Crippen LogP contribution in [-0.2, 0) is 0 Å². The van der Waals surface area contributed by atoms with Crippen LogP contribution in [0.3, 0.4) is 0 Å². The molecule has 204 valence electrons. The van der Waals surface area contributed by atoms with E-state index in [-0.39, 0.29) is 0 Å². The van der Waals surface area contributed by atoms with Crippen LogP contribution >= 0.6 is 0 Å². The van der Waals surface area contributed by atoms with Crippen molar-refractivity contribution in [2.75, 3.05) is 0 Å². The van der Waals surface area contributed by atoms with Crippen molar-refractivity contribution < 1.29 is 0 Å². The van der Waals surface area contributed by atoms with Gasteiger partial charge in [-0.2, -0.15) is 0 Å². The lowest BCUT2D eigenvalue weighted by atomic mass is 9.90. The molecule has 0 aliphatic heterocycles. The van der Waals surface area contributed by atoms with Gasteiger partial charge in [-0.25, -0.2) is 15.0 Å². The summed E-state index contributed by atoms with van der Waals surface area (Å²) < 4.78 is 0. The van der Waals surface area contributed by atoms with Gasteiger partial charge in [0.2, 0.25) is 0 Å². The quantitative estimate of drug-likeness (QED) is 0.202. The van der Waals surface area contributed by atoms with E-state index in [2.05, 4.69) is 149 Å². The third-order valence-corrected chi connectivity index (χ3v) is 8.72. The van der Waals surface area contributed by atoms with E-state index >= 15 is 0 Å². The zero-order valence-electron chi connectivity index (χ0n) is 23.8. The molecule has 0 saturated carbocycles. The monoisotopic (exact) mass is 559 g/mol. The number of hydrogen-bond acceptors (Lipinski definition) is 3. The lowest BCUT2D eigenvalue weighted by Crippen LogP contribution is -1.95. The Morgan fingerprint density at radius 1 is 0.386 bits per heavy atom. The topological polar surface area (TPSA) is 38.7 Å². The normalized spacial score (nSPS) is 11.6. The molecule has 0 saturated heterocycles. The average molecular weight is 560 g/mol. The van der Waals surface area contributed by atoms with Gasteiger partial charge in [0.1, 0.15) is 6.33 Å². The van der Waals surface area contributed by atoms with Crippen LogP contribution in [0, 0.1) is 0 Å². The maximum Gasteiger partial charge on any atom is 0.116 e. The van der Waals surface area contributed by atoms with Crippen molar-refractivity contribution in [2.45, 2.75) is 0 Å². The van der Waals surface area contributed by atoms with Crippen molar-refractivity contribution in [3.8, 4) is 33.6 Å². The van der Waals surface area contributed by atoms with Crippen LogP contribution < -0.4 is 0 Å². The summed E-state index contributed by atoms with van der Waals surface area (Å²) in [6.07, 6.45) is 3.47. The molecule has 9 rings (SSSR count). The molecule has 2 aromatic heterocycles. The Kier molecular flexibility index (Phi) is 5.50. The van der Waals surface area contributed by atoms with Gasteiger partial charge in [0, 0.05) is 22.7 Å². The largest absolute Gasteiger partial charge is 0.248 e. The van der Waals surface area contributed by atoms with Crippen LogP contribution in [-0.4, -0.2) is 15.0 Å². The van der Waals surface area contributed by atoms with Gasteiger partial charge in [0.05, 0.1) is 16.9 Å². The second-order valence-corrected chi connectivity index (χ2v) is 11.3. The zero-order valence-corrected chi connectivity index (χ0v) is 23.8. The number of benzene rings is 7. The Labute approximate surface area is 254 Å². The number of fused-ring (bicyclic) bond motifs is 5. The van der Waals surface area contributed by atoms with E-state index < -0.39 is 0 Å². The summed E-state index contributed by atoms with van der Waals surface area (Å²) in [7, 11) is 0. The first-order chi connectivity index (χ1) is 21.8. The van der Waals surface area contributed by atoms with Crippen molar-refractivity contribution >= 4 is 54.0 Å². The number of hydrogen-bond donors (Lipinski definition) is 0. The first-order valence-electron chi connectivity index (χ1n) is 14.8. The van der Waals surface area contributed by atoms with Crippen LogP contribution in [0.2, 0.25) is 0 Å². The van der Waals surface area contributed by atoms with Crippen molar-refractivity contribution in [1.82, 2.24) is 15.0 Å². The smallest absolute Gasteiger partial charge is 0.116 e. The van der Waals surface area contributed by atoms with Gasteiger partial charge in [-0.15, -0.1) is 0 Å². The Balaban J connectivity index is 1.43. The molecule has 0 fully saturated rings. The molecule has 3 nitrogen and oxygen atoms in total. The Morgan fingerprint density at radius 2 is 0.864 bits per heavy atom. The molecule has 2 heterocycles. The van der Waals surface area contributed by atoms with Crippen molar-refractivity contribution in [2.24, 2.45) is 0 Å². The fourth-order valence-corrected chi connectivity index (χ4v) is 6.69. The predicted octanol–water partition coefficient (Wildman–Crippen LogP) is 10.6. The second kappa shape index (κ2) is 9.82. The summed E-state index contributed by atoms with van der Waals surface area (Å²) in [4.78, 5) is 14.3. The maximum atomic E-state index is 5.54. The van der Waals surface area contributed by atoms with E-state index in [0.717, 1.165) is 44.5 Å². The van der Waals surface area contributed by atoms with E-state index in [1.54, 1.807) is 6.33 Å². The standard InChI is InChI=1S/C41H25N3/c1-5-13-33-27(9-1)19-28-10-2-6-14-34(28)40(33)38-22-32(26-17-18-31-24-42-25-43-37(31)21-26)23-39(44-38)41-35-15-7-3-11-29(35)20-30-12-4-8-16-36(30)41/h1-25H. The minimum Gasteiger partial charge on any atom is -0.248 e. The van der Waals surface area contributed by atoms with Crippen LogP contribution in [0.15, 0.2) is 152 Å². The van der Waals surface area contributed by atoms with Gasteiger partial charge >= 0.3 is 0 Å². The van der Waals surface area contributed by atoms with Crippen LogP contribution in [0.5, 0.6) is 0 Å². The number of pyridine rings is 1. The van der Waals surface area contributed by atoms with Gasteiger partial charge in [-0.1, -0.05) is 109 Å². The van der Waals surface area contributed by atoms with Crippen molar-refractivity contribution in [3.05, 3.63) is 152 Å². The molecule has 0 atom stereocenters. The summed E-state index contributed by atoms with van der Waals surface area (Å²) in [5.41, 5.74) is 7.30. The molecular weight excluding hydrogens is 534 g/mol. The first-order valence-corrected chi connectivity index (χ1v) is 14.8. The zero-order chi connectivity index (χ0) is 29.0. The summed E-state index contributed by atoms with van der Waals surface area (Å²) >= 11 is 0. The molecule has 0 aliphatic rings. The third-order valence-electron chi connectivity index (χ3n) is 8.72.